The SMILES string of the molecule is CC1OC(OC2C(CO)OC(OCC3OC(OC(=O)C45CCC(C)(C)CC4C4=CCC6C(C)(CCC7C(C)(C)C(OC8OCC(O)C(O)C8OC8OC(C)C(O)C(O)C8O)CCC76C)C4CC5O)C(O)C(O)C3O)C(O)C2O)C(O)C(O)C1O. The number of hydrogen-bond acceptors (Lipinski definition) is 26. The minimum atomic E-state index is -1.96. The summed E-state index contributed by atoms with van der Waals surface area (Å²) in [7, 11) is 0. The first kappa shape index (κ1) is 65.2. The van der Waals surface area contributed by atoms with Crippen LogP contribution in [-0.2, 0) is 52.2 Å². The second-order valence-corrected chi connectivity index (χ2v) is 28.1. The van der Waals surface area contributed by atoms with E-state index in [0.29, 0.717) is 25.7 Å². The van der Waals surface area contributed by atoms with E-state index < -0.39 is 196 Å². The molecule has 5 heterocycles. The summed E-state index contributed by atoms with van der Waals surface area (Å²) >= 11 is 0. The Hall–Kier alpha value is -1.75. The van der Waals surface area contributed by atoms with E-state index in [1.165, 1.54) is 13.8 Å². The fourth-order valence-electron chi connectivity index (χ4n) is 17.2. The molecule has 0 aromatic rings. The highest BCUT2D eigenvalue weighted by atomic mass is 16.8. The molecule has 0 aromatic carbocycles. The minimum Gasteiger partial charge on any atom is -0.432 e. The van der Waals surface area contributed by atoms with Crippen LogP contribution in [0.4, 0.5) is 0 Å². The number of carbonyl (C=O) groups is 1. The van der Waals surface area contributed by atoms with E-state index in [4.69, 9.17) is 47.4 Å². The molecule has 482 valence electrons. The molecular weight excluding hydrogens is 1110 g/mol. The number of aliphatic hydroxyl groups is 15. The number of carbonyl (C=O) groups excluding carboxylic acids is 1. The number of esters is 1. The number of fused-ring (bicyclic) bond motifs is 7. The molecule has 0 bridgehead atoms. The standard InChI is InChI=1S/C58H94O26/c1-22-34(62)38(66)42(70)49(77-22)82-46-28(19-59)79-48(45(73)41(46)69)76-21-29-37(65)40(68)44(72)51(80-29)84-53(74)58-16-15-54(3,4)18-26(58)24-9-10-31-56(7,25(24)17-32(58)61)13-11-30-55(5,6)33(12-14-57(30,31)8)81-52-47(36(64)27(60)20-75-52)83-50-43(71)39(67)35(63)23(2)78-50/h9,22-23,25-52,59-73H,10-21H2,1-8H3. The second-order valence-electron chi connectivity index (χ2n) is 28.1. The fourth-order valence-corrected chi connectivity index (χ4v) is 17.2. The van der Waals surface area contributed by atoms with Crippen LogP contribution < -0.4 is 0 Å². The molecule has 9 fully saturated rings. The van der Waals surface area contributed by atoms with Gasteiger partial charge >= 0.3 is 5.97 Å². The van der Waals surface area contributed by atoms with Crippen LogP contribution in [-0.4, -0.2) is 262 Å². The Morgan fingerprint density at radius 2 is 1.13 bits per heavy atom. The van der Waals surface area contributed by atoms with Crippen LogP contribution in [0.1, 0.15) is 113 Å². The lowest BCUT2D eigenvalue weighted by atomic mass is 9.36. The summed E-state index contributed by atoms with van der Waals surface area (Å²) in [5, 5.41) is 163. The van der Waals surface area contributed by atoms with E-state index in [-0.39, 0.29) is 53.4 Å². The molecule has 33 unspecified atom stereocenters. The Kier molecular flexibility index (Phi) is 18.7. The predicted molar refractivity (Wildman–Crippen MR) is 283 cm³/mol. The van der Waals surface area contributed by atoms with E-state index in [1.807, 2.05) is 0 Å². The molecule has 5 saturated heterocycles. The molecule has 84 heavy (non-hydrogen) atoms. The third kappa shape index (κ3) is 11.1. The molecule has 4 saturated carbocycles. The van der Waals surface area contributed by atoms with Crippen molar-refractivity contribution >= 4 is 5.97 Å². The summed E-state index contributed by atoms with van der Waals surface area (Å²) in [5.74, 6) is -1.21. The Bertz CT molecular complexity index is 2330. The van der Waals surface area contributed by atoms with Crippen molar-refractivity contribution in [3.05, 3.63) is 11.6 Å². The zero-order chi connectivity index (χ0) is 61.2. The molecule has 5 aliphatic heterocycles. The zero-order valence-electron chi connectivity index (χ0n) is 49.1. The highest BCUT2D eigenvalue weighted by Crippen LogP contribution is 2.72. The molecule has 0 radical (unpaired) electrons. The van der Waals surface area contributed by atoms with Gasteiger partial charge in [-0.2, -0.15) is 0 Å². The predicted octanol–water partition coefficient (Wildman–Crippen LogP) is -2.94. The van der Waals surface area contributed by atoms with Crippen molar-refractivity contribution in [2.24, 2.45) is 50.7 Å². The first-order chi connectivity index (χ1) is 39.3. The maximum absolute atomic E-state index is 15.2. The molecule has 33 atom stereocenters. The summed E-state index contributed by atoms with van der Waals surface area (Å²) < 4.78 is 59.3. The number of hydrogen-bond donors (Lipinski definition) is 15. The average Bonchev–Trinajstić information content (AvgIpc) is 0.725. The Morgan fingerprint density at radius 1 is 0.560 bits per heavy atom. The van der Waals surface area contributed by atoms with Crippen molar-refractivity contribution in [1.29, 1.82) is 0 Å². The van der Waals surface area contributed by atoms with Gasteiger partial charge in [-0.3, -0.25) is 4.79 Å². The first-order valence-electron chi connectivity index (χ1n) is 30.2. The average molecular weight is 1210 g/mol. The third-order valence-electron chi connectivity index (χ3n) is 22.3. The molecule has 10 aliphatic rings. The van der Waals surface area contributed by atoms with Crippen LogP contribution in [0.15, 0.2) is 11.6 Å². The molecule has 0 amide bonds. The largest absolute Gasteiger partial charge is 0.432 e. The highest BCUT2D eigenvalue weighted by molar-refractivity contribution is 5.79. The van der Waals surface area contributed by atoms with Gasteiger partial charge in [-0.1, -0.05) is 53.2 Å². The van der Waals surface area contributed by atoms with Gasteiger partial charge < -0.3 is 124 Å². The second kappa shape index (κ2) is 24.1. The van der Waals surface area contributed by atoms with E-state index in [1.54, 1.807) is 0 Å². The third-order valence-corrected chi connectivity index (χ3v) is 22.3. The van der Waals surface area contributed by atoms with Crippen molar-refractivity contribution < 1.29 is 129 Å². The van der Waals surface area contributed by atoms with Crippen molar-refractivity contribution in [3.63, 3.8) is 0 Å². The summed E-state index contributed by atoms with van der Waals surface area (Å²) in [6.45, 7) is 14.4. The van der Waals surface area contributed by atoms with Gasteiger partial charge in [0.1, 0.15) is 109 Å². The number of aliphatic hydroxyl groups excluding tert-OH is 15. The first-order valence-corrected chi connectivity index (χ1v) is 30.2. The minimum absolute atomic E-state index is 0.115. The van der Waals surface area contributed by atoms with Crippen molar-refractivity contribution in [2.45, 2.75) is 273 Å². The van der Waals surface area contributed by atoms with Gasteiger partial charge in [0.25, 0.3) is 0 Å². The molecule has 10 rings (SSSR count). The van der Waals surface area contributed by atoms with Gasteiger partial charge in [0.2, 0.25) is 6.29 Å². The summed E-state index contributed by atoms with van der Waals surface area (Å²) in [6, 6.07) is 0. The molecule has 5 aliphatic carbocycles. The molecule has 26 nitrogen and oxygen atoms in total. The van der Waals surface area contributed by atoms with Gasteiger partial charge in [0, 0.05) is 0 Å². The van der Waals surface area contributed by atoms with Crippen LogP contribution in [0.25, 0.3) is 0 Å². The topological polar surface area (TPSA) is 413 Å². The van der Waals surface area contributed by atoms with E-state index in [2.05, 4.69) is 47.6 Å². The monoisotopic (exact) mass is 1210 g/mol. The molecular formula is C58H94O26. The summed E-state index contributed by atoms with van der Waals surface area (Å²) in [4.78, 5) is 15.2. The van der Waals surface area contributed by atoms with Crippen LogP contribution in [0, 0.1) is 50.7 Å². The normalized spacial score (nSPS) is 54.6. The molecule has 26 heteroatoms. The zero-order valence-corrected chi connectivity index (χ0v) is 49.1. The summed E-state index contributed by atoms with van der Waals surface area (Å²) in [5.41, 5.74) is -1.72. The smallest absolute Gasteiger partial charge is 0.317 e. The van der Waals surface area contributed by atoms with Gasteiger partial charge in [-0.05, 0) is 117 Å². The lowest BCUT2D eigenvalue weighted by molar-refractivity contribution is -0.364. The van der Waals surface area contributed by atoms with Crippen LogP contribution in [0.2, 0.25) is 0 Å². The van der Waals surface area contributed by atoms with Gasteiger partial charge in [-0.15, -0.1) is 0 Å². The Balaban J connectivity index is 0.824. The molecule has 0 spiro atoms. The van der Waals surface area contributed by atoms with Gasteiger partial charge in [0.15, 0.2) is 25.2 Å². The molecule has 15 N–H and O–H groups in total. The van der Waals surface area contributed by atoms with Crippen molar-refractivity contribution in [3.8, 4) is 0 Å². The highest BCUT2D eigenvalue weighted by Gasteiger charge is 2.69. The lowest BCUT2D eigenvalue weighted by Crippen LogP contribution is -2.66. The molecule has 0 aromatic heterocycles. The Morgan fingerprint density at radius 3 is 1.76 bits per heavy atom. The maximum Gasteiger partial charge on any atom is 0.317 e. The van der Waals surface area contributed by atoms with Crippen LogP contribution >= 0.6 is 0 Å². The van der Waals surface area contributed by atoms with Crippen LogP contribution in [0.3, 0.4) is 0 Å². The quantitative estimate of drug-likeness (QED) is 0.0528. The van der Waals surface area contributed by atoms with E-state index in [9.17, 15) is 76.6 Å². The summed E-state index contributed by atoms with van der Waals surface area (Å²) in [6.07, 6.45) is -31.8. The van der Waals surface area contributed by atoms with E-state index in [0.717, 1.165) is 24.8 Å². The Labute approximate surface area is 488 Å². The van der Waals surface area contributed by atoms with E-state index >= 15 is 4.79 Å². The van der Waals surface area contributed by atoms with Crippen LogP contribution in [0.5, 0.6) is 0 Å². The number of ether oxygens (including phenoxy) is 10. The van der Waals surface area contributed by atoms with Gasteiger partial charge in [-0.25, -0.2) is 0 Å². The van der Waals surface area contributed by atoms with Crippen molar-refractivity contribution in [2.75, 3.05) is 19.8 Å². The number of allylic oxidation sites excluding steroid dienone is 2. The maximum atomic E-state index is 15.2. The number of rotatable bonds is 12. The lowest BCUT2D eigenvalue weighted by Gasteiger charge is -2.68. The van der Waals surface area contributed by atoms with Crippen molar-refractivity contribution in [1.82, 2.24) is 0 Å². The fraction of sp³-hybridized carbons (Fsp3) is 0.948. The van der Waals surface area contributed by atoms with Gasteiger partial charge in [0.05, 0.1) is 44.2 Å².